The largest absolute Gasteiger partial charge is 0.497 e. The number of hydrogen-bond acceptors (Lipinski definition) is 7. The molecule has 14 heteroatoms. The molecule has 0 saturated heterocycles. The monoisotopic (exact) mass is 649 g/mol. The van der Waals surface area contributed by atoms with E-state index in [2.05, 4.69) is 10.0 Å². The SMILES string of the molecule is COc1ccc(OC)c(N(CC(=O)Nc2ccc(S(=O)(=O)Nc3cccc(Cl)c3Cl)cc2)S(=O)(=O)c2ccccc2)c1. The van der Waals surface area contributed by atoms with Gasteiger partial charge in [0, 0.05) is 11.8 Å². The molecule has 2 N–H and O–H groups in total. The number of anilines is 3. The number of nitrogens with one attached hydrogen (secondary N) is 2. The van der Waals surface area contributed by atoms with Gasteiger partial charge in [0.05, 0.1) is 45.4 Å². The lowest BCUT2D eigenvalue weighted by molar-refractivity contribution is -0.114. The lowest BCUT2D eigenvalue weighted by Gasteiger charge is -2.26. The summed E-state index contributed by atoms with van der Waals surface area (Å²) in [6.45, 7) is -0.629. The van der Waals surface area contributed by atoms with Crippen molar-refractivity contribution < 1.29 is 31.1 Å². The quantitative estimate of drug-likeness (QED) is 0.215. The molecule has 10 nitrogen and oxygen atoms in total. The second-order valence-corrected chi connectivity index (χ2v) is 13.0. The molecular weight excluding hydrogens is 625 g/mol. The number of carbonyl (C=O) groups excluding carboxylic acids is 1. The summed E-state index contributed by atoms with van der Waals surface area (Å²) in [6.07, 6.45) is 0. The molecule has 42 heavy (non-hydrogen) atoms. The van der Waals surface area contributed by atoms with Gasteiger partial charge in [-0.3, -0.25) is 13.8 Å². The van der Waals surface area contributed by atoms with Crippen molar-refractivity contribution in [1.82, 2.24) is 0 Å². The number of amides is 1. The fraction of sp³-hybridized carbons (Fsp3) is 0.107. The summed E-state index contributed by atoms with van der Waals surface area (Å²) in [5.74, 6) is -0.146. The van der Waals surface area contributed by atoms with Gasteiger partial charge in [0.15, 0.2) is 0 Å². The molecule has 0 radical (unpaired) electrons. The molecule has 0 aliphatic rings. The Bertz CT molecular complexity index is 1800. The number of carbonyl (C=O) groups is 1. The van der Waals surface area contributed by atoms with Gasteiger partial charge < -0.3 is 14.8 Å². The summed E-state index contributed by atoms with van der Waals surface area (Å²) in [7, 11) is -5.46. The lowest BCUT2D eigenvalue weighted by Crippen LogP contribution is -2.38. The highest BCUT2D eigenvalue weighted by molar-refractivity contribution is 7.93. The van der Waals surface area contributed by atoms with Crippen molar-refractivity contribution >= 4 is 66.2 Å². The number of nitrogens with zero attached hydrogens (tertiary/aromatic N) is 1. The minimum absolute atomic E-state index is 0.0375. The molecule has 0 heterocycles. The van der Waals surface area contributed by atoms with Gasteiger partial charge in [0.25, 0.3) is 20.0 Å². The predicted molar refractivity (Wildman–Crippen MR) is 163 cm³/mol. The Labute approximate surface area is 253 Å². The minimum atomic E-state index is -4.23. The molecule has 4 aromatic rings. The molecule has 0 bridgehead atoms. The zero-order valence-corrected chi connectivity index (χ0v) is 25.4. The first-order valence-corrected chi connectivity index (χ1v) is 15.8. The molecule has 1 amide bonds. The zero-order chi connectivity index (χ0) is 30.5. The van der Waals surface area contributed by atoms with E-state index in [9.17, 15) is 21.6 Å². The molecule has 0 saturated carbocycles. The van der Waals surface area contributed by atoms with E-state index in [1.54, 1.807) is 30.3 Å². The van der Waals surface area contributed by atoms with Crippen LogP contribution in [0.5, 0.6) is 11.5 Å². The molecule has 0 aliphatic heterocycles. The zero-order valence-electron chi connectivity index (χ0n) is 22.2. The predicted octanol–water partition coefficient (Wildman–Crippen LogP) is 5.65. The van der Waals surface area contributed by atoms with E-state index in [1.165, 1.54) is 74.9 Å². The van der Waals surface area contributed by atoms with Crippen LogP contribution >= 0.6 is 23.2 Å². The average molecular weight is 651 g/mol. The Morgan fingerprint density at radius 1 is 0.810 bits per heavy atom. The Balaban J connectivity index is 1.59. The summed E-state index contributed by atoms with van der Waals surface area (Å²) >= 11 is 12.1. The molecule has 4 aromatic carbocycles. The Morgan fingerprint density at radius 3 is 2.14 bits per heavy atom. The second-order valence-electron chi connectivity index (χ2n) is 8.64. The second kappa shape index (κ2) is 12.9. The first-order valence-electron chi connectivity index (χ1n) is 12.1. The molecule has 0 spiro atoms. The molecule has 0 unspecified atom stereocenters. The van der Waals surface area contributed by atoms with Crippen LogP contribution in [0.4, 0.5) is 17.1 Å². The van der Waals surface area contributed by atoms with Gasteiger partial charge in [-0.05, 0) is 60.7 Å². The molecule has 4 rings (SSSR count). The third-order valence-electron chi connectivity index (χ3n) is 5.92. The Hall–Kier alpha value is -3.97. The first kappa shape index (κ1) is 31.0. The van der Waals surface area contributed by atoms with Crippen molar-refractivity contribution in [1.29, 1.82) is 0 Å². The highest BCUT2D eigenvalue weighted by Gasteiger charge is 2.30. The molecular formula is C28H25Cl2N3O7S2. The molecule has 0 aromatic heterocycles. The number of ether oxygens (including phenoxy) is 2. The normalized spacial score (nSPS) is 11.4. The van der Waals surface area contributed by atoms with Crippen molar-refractivity contribution in [2.24, 2.45) is 0 Å². The van der Waals surface area contributed by atoms with Gasteiger partial charge in [-0.1, -0.05) is 47.5 Å². The van der Waals surface area contributed by atoms with Crippen molar-refractivity contribution in [3.63, 3.8) is 0 Å². The van der Waals surface area contributed by atoms with Crippen LogP contribution in [0.3, 0.4) is 0 Å². The fourth-order valence-corrected chi connectivity index (χ4v) is 6.77. The van der Waals surface area contributed by atoms with E-state index in [0.29, 0.717) is 5.75 Å². The van der Waals surface area contributed by atoms with Crippen LogP contribution in [0.2, 0.25) is 10.0 Å². The van der Waals surface area contributed by atoms with Crippen LogP contribution in [-0.2, 0) is 24.8 Å². The van der Waals surface area contributed by atoms with Crippen molar-refractivity contribution in [2.45, 2.75) is 9.79 Å². The highest BCUT2D eigenvalue weighted by Crippen LogP contribution is 2.36. The van der Waals surface area contributed by atoms with Gasteiger partial charge in [-0.2, -0.15) is 0 Å². The number of hydrogen-bond donors (Lipinski definition) is 2. The van der Waals surface area contributed by atoms with Crippen molar-refractivity contribution in [3.8, 4) is 11.5 Å². The van der Waals surface area contributed by atoms with E-state index in [1.807, 2.05) is 0 Å². The van der Waals surface area contributed by atoms with Gasteiger partial charge in [-0.25, -0.2) is 16.8 Å². The van der Waals surface area contributed by atoms with Gasteiger partial charge in [0.2, 0.25) is 5.91 Å². The van der Waals surface area contributed by atoms with E-state index in [0.717, 1.165) is 4.31 Å². The maximum absolute atomic E-state index is 13.7. The minimum Gasteiger partial charge on any atom is -0.497 e. The number of halogens is 2. The van der Waals surface area contributed by atoms with E-state index >= 15 is 0 Å². The molecule has 0 atom stereocenters. The van der Waals surface area contributed by atoms with Crippen LogP contribution in [0.15, 0.2) is 101 Å². The number of rotatable bonds is 11. The summed E-state index contributed by atoms with van der Waals surface area (Å²) in [5.41, 5.74) is 0.423. The van der Waals surface area contributed by atoms with Gasteiger partial charge in [-0.15, -0.1) is 0 Å². The third-order valence-corrected chi connectivity index (χ3v) is 9.89. The molecule has 0 fully saturated rings. The van der Waals surface area contributed by atoms with Gasteiger partial charge >= 0.3 is 0 Å². The Kier molecular flexibility index (Phi) is 9.52. The Morgan fingerprint density at radius 2 is 1.50 bits per heavy atom. The highest BCUT2D eigenvalue weighted by atomic mass is 35.5. The standard InChI is InChI=1S/C28H25Cl2N3O7S2/c1-39-20-13-16-26(40-2)25(17-20)33(42(37,38)22-7-4-3-5-8-22)18-27(34)31-19-11-14-21(15-12-19)41(35,36)32-24-10-6-9-23(29)28(24)30/h3-17,32H,18H2,1-2H3,(H,31,34). The number of sulfonamides is 2. The smallest absolute Gasteiger partial charge is 0.264 e. The van der Waals surface area contributed by atoms with E-state index in [-0.39, 0.29) is 42.6 Å². The third kappa shape index (κ3) is 6.90. The average Bonchev–Trinajstić information content (AvgIpc) is 2.98. The van der Waals surface area contributed by atoms with E-state index in [4.69, 9.17) is 32.7 Å². The fourth-order valence-electron chi connectivity index (χ4n) is 3.85. The molecule has 0 aliphatic carbocycles. The van der Waals surface area contributed by atoms with E-state index < -0.39 is 32.5 Å². The van der Waals surface area contributed by atoms with Crippen molar-refractivity contribution in [2.75, 3.05) is 35.1 Å². The summed E-state index contributed by atoms with van der Waals surface area (Å²) in [6, 6.07) is 22.0. The molecule has 220 valence electrons. The summed E-state index contributed by atoms with van der Waals surface area (Å²) < 4.78 is 67.1. The lowest BCUT2D eigenvalue weighted by atomic mass is 10.2. The number of benzene rings is 4. The van der Waals surface area contributed by atoms with Crippen LogP contribution in [0.1, 0.15) is 0 Å². The number of methoxy groups -OCH3 is 2. The maximum Gasteiger partial charge on any atom is 0.264 e. The first-order chi connectivity index (χ1) is 20.0. The summed E-state index contributed by atoms with van der Waals surface area (Å²) in [4.78, 5) is 13.0. The summed E-state index contributed by atoms with van der Waals surface area (Å²) in [5, 5.41) is 2.84. The van der Waals surface area contributed by atoms with Crippen LogP contribution < -0.4 is 23.8 Å². The maximum atomic E-state index is 13.7. The topological polar surface area (TPSA) is 131 Å². The van der Waals surface area contributed by atoms with Crippen LogP contribution in [0, 0.1) is 0 Å². The van der Waals surface area contributed by atoms with Crippen LogP contribution in [0.25, 0.3) is 0 Å². The van der Waals surface area contributed by atoms with Crippen LogP contribution in [-0.4, -0.2) is 43.5 Å². The van der Waals surface area contributed by atoms with Crippen molar-refractivity contribution in [3.05, 3.63) is 101 Å². The van der Waals surface area contributed by atoms with Gasteiger partial charge in [0.1, 0.15) is 18.0 Å².